The predicted molar refractivity (Wildman–Crippen MR) is 84.1 cm³/mol. The maximum Gasteiger partial charge on any atom is 1.00 e. The Hall–Kier alpha value is 0.430. The summed E-state index contributed by atoms with van der Waals surface area (Å²) < 4.78 is 0. The van der Waals surface area contributed by atoms with E-state index in [4.69, 9.17) is 5.11 Å². The second-order valence-electron chi connectivity index (χ2n) is 5.39. The van der Waals surface area contributed by atoms with Gasteiger partial charge in [0, 0.05) is 6.42 Å². The number of carboxylic acid groups (broad SMARTS) is 1. The molecule has 0 aliphatic rings. The minimum Gasteiger partial charge on any atom is -1.00 e. The third-order valence-electron chi connectivity index (χ3n) is 3.49. The summed E-state index contributed by atoms with van der Waals surface area (Å²) in [5.41, 5.74) is 0. The van der Waals surface area contributed by atoms with E-state index in [1.54, 1.807) is 0 Å². The Morgan fingerprint density at radius 3 is 1.35 bits per heavy atom. The van der Waals surface area contributed by atoms with E-state index in [1.807, 2.05) is 0 Å². The molecule has 0 aliphatic carbocycles. The third-order valence-corrected chi connectivity index (χ3v) is 3.49. The van der Waals surface area contributed by atoms with Crippen molar-refractivity contribution < 1.29 is 40.9 Å². The van der Waals surface area contributed by atoms with Gasteiger partial charge < -0.3 is 12.7 Å². The summed E-state index contributed by atoms with van der Waals surface area (Å²) in [6.45, 7) is 2.26. The quantitative estimate of drug-likeness (QED) is 0.382. The van der Waals surface area contributed by atoms with Gasteiger partial charge in [-0.25, -0.2) is 0 Å². The van der Waals surface area contributed by atoms with Crippen LogP contribution in [-0.4, -0.2) is 11.1 Å². The first-order valence-electron chi connectivity index (χ1n) is 7.99. The summed E-state index contributed by atoms with van der Waals surface area (Å²) in [6, 6.07) is 0. The number of rotatable bonds is 14. The molecule has 118 valence electrons. The van der Waals surface area contributed by atoms with Crippen molar-refractivity contribution >= 4 is 5.97 Å². The van der Waals surface area contributed by atoms with E-state index in [-0.39, 0.29) is 37.1 Å². The number of carbonyl (C=O) groups is 1. The molecule has 3 nitrogen and oxygen atoms in total. The van der Waals surface area contributed by atoms with Gasteiger partial charge in [0.25, 0.3) is 0 Å². The van der Waals surface area contributed by atoms with Gasteiger partial charge in [0.1, 0.15) is 0 Å². The topological polar surface area (TPSA) is 72.3 Å². The van der Waals surface area contributed by atoms with Gasteiger partial charge in [0.05, 0.1) is 0 Å². The third kappa shape index (κ3) is 23.5. The Morgan fingerprint density at radius 1 is 0.750 bits per heavy atom. The van der Waals surface area contributed by atoms with E-state index in [2.05, 4.69) is 6.92 Å². The molecule has 0 radical (unpaired) electrons. The van der Waals surface area contributed by atoms with Crippen molar-refractivity contribution in [3.8, 4) is 0 Å². The van der Waals surface area contributed by atoms with Crippen LogP contribution in [0.3, 0.4) is 0 Å². The molecular formula is C16H36NNaO2. The molecule has 0 saturated carbocycles. The van der Waals surface area contributed by atoms with Crippen LogP contribution in [0.15, 0.2) is 0 Å². The largest absolute Gasteiger partial charge is 1.00 e. The predicted octanol–water partition coefficient (Wildman–Crippen LogP) is 2.83. The molecule has 0 spiro atoms. The Balaban J connectivity index is -0.000000482. The fourth-order valence-electron chi connectivity index (χ4n) is 2.29. The van der Waals surface area contributed by atoms with Crippen molar-refractivity contribution in [2.45, 2.75) is 96.8 Å². The van der Waals surface area contributed by atoms with Gasteiger partial charge in [-0.15, -0.1) is 0 Å². The fourth-order valence-corrected chi connectivity index (χ4v) is 2.29. The molecule has 0 amide bonds. The maximum atomic E-state index is 10.3. The van der Waals surface area contributed by atoms with Crippen LogP contribution < -0.4 is 35.7 Å². The Labute approximate surface area is 149 Å². The SMILES string of the molecule is CCCCCCCCCCCCCCCC(=O)O.N.[H-].[Na+]. The normalized spacial score (nSPS) is 9.65. The van der Waals surface area contributed by atoms with E-state index >= 15 is 0 Å². The molecule has 0 atom stereocenters. The van der Waals surface area contributed by atoms with Crippen LogP contribution in [0.1, 0.15) is 98.2 Å². The molecule has 0 saturated heterocycles. The van der Waals surface area contributed by atoms with Gasteiger partial charge in [0.2, 0.25) is 0 Å². The average Bonchev–Trinajstić information content (AvgIpc) is 2.34. The summed E-state index contributed by atoms with van der Waals surface area (Å²) in [4.78, 5) is 10.3. The fraction of sp³-hybridized carbons (Fsp3) is 0.938. The van der Waals surface area contributed by atoms with Gasteiger partial charge >= 0.3 is 35.5 Å². The number of unbranched alkanes of at least 4 members (excludes halogenated alkanes) is 12. The standard InChI is InChI=1S/C16H32O2.H3N.Na.H/c1-2-3-4-5-6-7-8-9-10-11-12-13-14-15-16(17)18;;;/h2-15H2,1H3,(H,17,18);1H3;;/q;;+1;-1. The van der Waals surface area contributed by atoms with E-state index in [9.17, 15) is 4.79 Å². The monoisotopic (exact) mass is 297 g/mol. The molecule has 0 fully saturated rings. The van der Waals surface area contributed by atoms with Gasteiger partial charge in [0.15, 0.2) is 0 Å². The van der Waals surface area contributed by atoms with E-state index < -0.39 is 5.97 Å². The summed E-state index contributed by atoms with van der Waals surface area (Å²) in [5, 5.41) is 8.49. The van der Waals surface area contributed by atoms with Gasteiger partial charge in [-0.2, -0.15) is 0 Å². The van der Waals surface area contributed by atoms with Crippen molar-refractivity contribution in [2.75, 3.05) is 0 Å². The molecule has 20 heavy (non-hydrogen) atoms. The van der Waals surface area contributed by atoms with Crippen molar-refractivity contribution in [3.63, 3.8) is 0 Å². The van der Waals surface area contributed by atoms with Crippen LogP contribution in [0.5, 0.6) is 0 Å². The molecule has 0 aliphatic heterocycles. The number of carboxylic acids is 1. The Kier molecular flexibility index (Phi) is 27.6. The van der Waals surface area contributed by atoms with Gasteiger partial charge in [-0.3, -0.25) is 4.79 Å². The van der Waals surface area contributed by atoms with E-state index in [0.29, 0.717) is 6.42 Å². The van der Waals surface area contributed by atoms with E-state index in [1.165, 1.54) is 70.6 Å². The molecular weight excluding hydrogens is 261 g/mol. The smallest absolute Gasteiger partial charge is 1.00 e. The van der Waals surface area contributed by atoms with Gasteiger partial charge in [-0.05, 0) is 6.42 Å². The van der Waals surface area contributed by atoms with Gasteiger partial charge in [-0.1, -0.05) is 84.0 Å². The van der Waals surface area contributed by atoms with Crippen LogP contribution in [0.2, 0.25) is 0 Å². The van der Waals surface area contributed by atoms with Crippen LogP contribution in [0, 0.1) is 0 Å². The van der Waals surface area contributed by atoms with Crippen LogP contribution in [-0.2, 0) is 4.79 Å². The molecule has 0 aromatic carbocycles. The molecule has 4 N–H and O–H groups in total. The summed E-state index contributed by atoms with van der Waals surface area (Å²) >= 11 is 0. The molecule has 0 rings (SSSR count). The molecule has 0 aromatic heterocycles. The first-order valence-corrected chi connectivity index (χ1v) is 7.99. The van der Waals surface area contributed by atoms with Crippen molar-refractivity contribution in [1.82, 2.24) is 6.15 Å². The number of hydrogen-bond acceptors (Lipinski definition) is 2. The number of aliphatic carboxylic acids is 1. The molecule has 0 heterocycles. The van der Waals surface area contributed by atoms with Crippen LogP contribution in [0.25, 0.3) is 0 Å². The molecule has 0 unspecified atom stereocenters. The first-order chi connectivity index (χ1) is 8.77. The zero-order valence-corrected chi connectivity index (χ0v) is 16.0. The van der Waals surface area contributed by atoms with E-state index in [0.717, 1.165) is 12.8 Å². The summed E-state index contributed by atoms with van der Waals surface area (Å²) in [5.74, 6) is -0.655. The molecule has 0 bridgehead atoms. The Morgan fingerprint density at radius 2 is 1.05 bits per heavy atom. The summed E-state index contributed by atoms with van der Waals surface area (Å²) in [7, 11) is 0. The van der Waals surface area contributed by atoms with Crippen molar-refractivity contribution in [3.05, 3.63) is 0 Å². The van der Waals surface area contributed by atoms with Crippen LogP contribution >= 0.6 is 0 Å². The number of hydrogen-bond donors (Lipinski definition) is 2. The van der Waals surface area contributed by atoms with Crippen molar-refractivity contribution in [2.24, 2.45) is 0 Å². The Bertz CT molecular complexity index is 195. The molecule has 0 aromatic rings. The second kappa shape index (κ2) is 21.7. The zero-order valence-electron chi connectivity index (χ0n) is 15.0. The minimum atomic E-state index is -0.655. The second-order valence-corrected chi connectivity index (χ2v) is 5.39. The summed E-state index contributed by atoms with van der Waals surface area (Å²) in [6.07, 6.45) is 17.3. The molecule has 4 heteroatoms. The maximum absolute atomic E-state index is 10.3. The first kappa shape index (κ1) is 25.4. The average molecular weight is 297 g/mol. The minimum absolute atomic E-state index is 0. The van der Waals surface area contributed by atoms with Crippen molar-refractivity contribution in [1.29, 1.82) is 0 Å². The van der Waals surface area contributed by atoms with Crippen LogP contribution in [0.4, 0.5) is 0 Å². The zero-order chi connectivity index (χ0) is 13.5.